The molecule has 0 aliphatic heterocycles. The van der Waals surface area contributed by atoms with Crippen LogP contribution in [0.5, 0.6) is 0 Å². The summed E-state index contributed by atoms with van der Waals surface area (Å²) in [4.78, 5) is 7.75. The second-order valence-corrected chi connectivity index (χ2v) is 2.99. The summed E-state index contributed by atoms with van der Waals surface area (Å²) in [5.74, 6) is 0. The van der Waals surface area contributed by atoms with Crippen molar-refractivity contribution in [3.8, 4) is 0 Å². The molecule has 56 valence electrons. The minimum absolute atomic E-state index is 0.393. The molecule has 0 amide bonds. The molecule has 0 fully saturated rings. The van der Waals surface area contributed by atoms with Gasteiger partial charge >= 0.3 is 0 Å². The second-order valence-electron chi connectivity index (χ2n) is 1.88. The Bertz CT molecular complexity index is 398. The molecule has 0 radical (unpaired) electrons. The summed E-state index contributed by atoms with van der Waals surface area (Å²) in [5, 5.41) is 4.28. The zero-order valence-corrected chi connectivity index (χ0v) is 7.54. The fraction of sp³-hybridized carbons (Fsp3) is 0. The molecule has 0 atom stereocenters. The van der Waals surface area contributed by atoms with Crippen molar-refractivity contribution in [2.45, 2.75) is 0 Å². The van der Waals surface area contributed by atoms with Crippen LogP contribution in [0.4, 0.5) is 0 Å². The van der Waals surface area contributed by atoms with Crippen LogP contribution in [0.25, 0.3) is 5.52 Å². The Morgan fingerprint density at radius 1 is 1.45 bits per heavy atom. The van der Waals surface area contributed by atoms with E-state index in [9.17, 15) is 0 Å². The highest BCUT2D eigenvalue weighted by molar-refractivity contribution is 9.10. The number of hydrogen-bond donors (Lipinski definition) is 0. The fourth-order valence-corrected chi connectivity index (χ4v) is 1.57. The molecule has 4 nitrogen and oxygen atoms in total. The lowest BCUT2D eigenvalue weighted by molar-refractivity contribution is 0.892. The van der Waals surface area contributed by atoms with Gasteiger partial charge in [0.1, 0.15) is 22.8 Å². The van der Waals surface area contributed by atoms with E-state index in [1.807, 2.05) is 0 Å². The Morgan fingerprint density at radius 3 is 3.00 bits per heavy atom. The van der Waals surface area contributed by atoms with E-state index in [-0.39, 0.29) is 0 Å². The topological polar surface area (TPSA) is 43.1 Å². The number of fused-ring (bicyclic) bond motifs is 1. The van der Waals surface area contributed by atoms with Crippen LogP contribution in [0, 0.1) is 0 Å². The van der Waals surface area contributed by atoms with Crippen LogP contribution in [0.2, 0.25) is 5.15 Å². The first kappa shape index (κ1) is 7.00. The molecular weight excluding hydrogens is 231 g/mol. The molecule has 0 spiro atoms. The molecule has 0 unspecified atom stereocenters. The van der Waals surface area contributed by atoms with Crippen molar-refractivity contribution in [1.82, 2.24) is 19.6 Å². The van der Waals surface area contributed by atoms with Gasteiger partial charge in [-0.3, -0.25) is 0 Å². The van der Waals surface area contributed by atoms with E-state index >= 15 is 0 Å². The van der Waals surface area contributed by atoms with Gasteiger partial charge in [-0.25, -0.2) is 14.5 Å². The van der Waals surface area contributed by atoms with Crippen LogP contribution >= 0.6 is 27.5 Å². The zero-order valence-electron chi connectivity index (χ0n) is 5.20. The second kappa shape index (κ2) is 2.42. The summed E-state index contributed by atoms with van der Waals surface area (Å²) >= 11 is 8.98. The molecule has 0 aliphatic carbocycles. The molecule has 11 heavy (non-hydrogen) atoms. The lowest BCUT2D eigenvalue weighted by Gasteiger charge is -1.91. The summed E-state index contributed by atoms with van der Waals surface area (Å²) in [6.07, 6.45) is 2.94. The molecule has 0 aromatic carbocycles. The van der Waals surface area contributed by atoms with Gasteiger partial charge in [-0.2, -0.15) is 5.10 Å². The van der Waals surface area contributed by atoms with E-state index in [4.69, 9.17) is 11.6 Å². The van der Waals surface area contributed by atoms with Gasteiger partial charge in [-0.15, -0.1) is 0 Å². The Hall–Kier alpha value is -0.680. The largest absolute Gasteiger partial charge is 0.227 e. The first-order chi connectivity index (χ1) is 5.29. The van der Waals surface area contributed by atoms with E-state index in [0.717, 1.165) is 0 Å². The number of halogens is 2. The predicted molar refractivity (Wildman–Crippen MR) is 43.5 cm³/mol. The van der Waals surface area contributed by atoms with Gasteiger partial charge in [0.15, 0.2) is 5.15 Å². The highest BCUT2D eigenvalue weighted by atomic mass is 79.9. The lowest BCUT2D eigenvalue weighted by atomic mass is 10.6. The maximum atomic E-state index is 5.76. The van der Waals surface area contributed by atoms with Crippen molar-refractivity contribution in [3.63, 3.8) is 0 Å². The molecule has 0 N–H and O–H groups in total. The summed E-state index contributed by atoms with van der Waals surface area (Å²) in [7, 11) is 0. The maximum Gasteiger partial charge on any atom is 0.159 e. The van der Waals surface area contributed by atoms with Gasteiger partial charge in [0.25, 0.3) is 0 Å². The molecule has 2 heterocycles. The first-order valence-electron chi connectivity index (χ1n) is 2.78. The normalized spacial score (nSPS) is 10.7. The summed E-state index contributed by atoms with van der Waals surface area (Å²) in [6.45, 7) is 0. The number of imidazole rings is 1. The smallest absolute Gasteiger partial charge is 0.159 e. The first-order valence-corrected chi connectivity index (χ1v) is 3.95. The van der Waals surface area contributed by atoms with Crippen LogP contribution in [0.1, 0.15) is 0 Å². The van der Waals surface area contributed by atoms with Crippen LogP contribution in [-0.2, 0) is 0 Å². The molecule has 2 rings (SSSR count). The van der Waals surface area contributed by atoms with E-state index in [1.54, 1.807) is 10.8 Å². The summed E-state index contributed by atoms with van der Waals surface area (Å²) in [6, 6.07) is 0. The standard InChI is InChI=1S/C5H2BrClN4/c6-4-3-5(7)8-1-10-11(3)2-9-4/h1-2H. The van der Waals surface area contributed by atoms with Gasteiger partial charge < -0.3 is 0 Å². The van der Waals surface area contributed by atoms with E-state index in [0.29, 0.717) is 15.3 Å². The molecule has 0 bridgehead atoms. The van der Waals surface area contributed by atoms with Crippen molar-refractivity contribution in [2.75, 3.05) is 0 Å². The third-order valence-electron chi connectivity index (χ3n) is 1.25. The van der Waals surface area contributed by atoms with Crippen LogP contribution in [-0.4, -0.2) is 19.6 Å². The van der Waals surface area contributed by atoms with E-state index in [2.05, 4.69) is 31.0 Å². The van der Waals surface area contributed by atoms with Crippen LogP contribution < -0.4 is 0 Å². The molecular formula is C5H2BrClN4. The maximum absolute atomic E-state index is 5.76. The molecule has 0 aliphatic rings. The van der Waals surface area contributed by atoms with Gasteiger partial charge in [0, 0.05) is 0 Å². The van der Waals surface area contributed by atoms with Gasteiger partial charge in [0.2, 0.25) is 0 Å². The summed E-state index contributed by atoms with van der Waals surface area (Å²) < 4.78 is 2.21. The highest BCUT2D eigenvalue weighted by Gasteiger charge is 2.05. The van der Waals surface area contributed by atoms with Crippen molar-refractivity contribution in [1.29, 1.82) is 0 Å². The van der Waals surface area contributed by atoms with Crippen molar-refractivity contribution in [3.05, 3.63) is 22.4 Å². The third-order valence-corrected chi connectivity index (χ3v) is 2.10. The number of rotatable bonds is 0. The highest BCUT2D eigenvalue weighted by Crippen LogP contribution is 2.20. The quantitative estimate of drug-likeness (QED) is 0.693. The molecule has 6 heteroatoms. The van der Waals surface area contributed by atoms with E-state index < -0.39 is 0 Å². The molecule has 2 aromatic rings. The monoisotopic (exact) mass is 232 g/mol. The van der Waals surface area contributed by atoms with Gasteiger partial charge in [-0.1, -0.05) is 11.6 Å². The Balaban J connectivity index is 2.96. The predicted octanol–water partition coefficient (Wildman–Crippen LogP) is 1.54. The Kier molecular flexibility index (Phi) is 1.54. The van der Waals surface area contributed by atoms with E-state index in [1.165, 1.54) is 6.33 Å². The van der Waals surface area contributed by atoms with Gasteiger partial charge in [-0.05, 0) is 15.9 Å². The minimum Gasteiger partial charge on any atom is -0.227 e. The molecule has 0 saturated carbocycles. The lowest BCUT2D eigenvalue weighted by Crippen LogP contribution is -1.90. The fourth-order valence-electron chi connectivity index (χ4n) is 0.779. The van der Waals surface area contributed by atoms with Crippen molar-refractivity contribution in [2.24, 2.45) is 0 Å². The zero-order chi connectivity index (χ0) is 7.84. The SMILES string of the molecule is Clc1ncnn2cnc(Br)c12. The van der Waals surface area contributed by atoms with Crippen LogP contribution in [0.3, 0.4) is 0 Å². The third kappa shape index (κ3) is 1.00. The van der Waals surface area contributed by atoms with Crippen LogP contribution in [0.15, 0.2) is 17.3 Å². The molecule has 2 aromatic heterocycles. The van der Waals surface area contributed by atoms with Crippen molar-refractivity contribution < 1.29 is 0 Å². The minimum atomic E-state index is 0.393. The average Bonchev–Trinajstić information content (AvgIpc) is 2.34. The number of aromatic nitrogens is 4. The summed E-state index contributed by atoms with van der Waals surface area (Å²) in [5.41, 5.74) is 0.689. The number of nitrogens with zero attached hydrogens (tertiary/aromatic N) is 4. The molecule has 0 saturated heterocycles. The van der Waals surface area contributed by atoms with Crippen molar-refractivity contribution >= 4 is 33.0 Å². The van der Waals surface area contributed by atoms with Gasteiger partial charge in [0.05, 0.1) is 0 Å². The Morgan fingerprint density at radius 2 is 2.27 bits per heavy atom. The average molecular weight is 233 g/mol. The Labute approximate surface area is 75.3 Å². The number of hydrogen-bond acceptors (Lipinski definition) is 3.